The minimum absolute atomic E-state index is 0. The first-order valence-electron chi connectivity index (χ1n) is 26.0. The molecule has 0 unspecified atom stereocenters. The predicted octanol–water partition coefficient (Wildman–Crippen LogP) is 16.4. The number of benzene rings is 8. The Morgan fingerprint density at radius 2 is 0.500 bits per heavy atom. The topological polar surface area (TPSA) is 112 Å². The van der Waals surface area contributed by atoms with E-state index < -0.39 is 0 Å². The van der Waals surface area contributed by atoms with E-state index in [2.05, 4.69) is 125 Å². The summed E-state index contributed by atoms with van der Waals surface area (Å²) in [5, 5.41) is 0. The Labute approximate surface area is 478 Å². The summed E-state index contributed by atoms with van der Waals surface area (Å²) in [5.74, 6) is -1.36. The maximum atomic E-state index is 12.1. The summed E-state index contributed by atoms with van der Waals surface area (Å²) in [6.07, 6.45) is 5.42. The normalized spacial score (nSPS) is 11.9. The van der Waals surface area contributed by atoms with Crippen molar-refractivity contribution in [1.82, 2.24) is 9.80 Å². The van der Waals surface area contributed by atoms with Crippen molar-refractivity contribution in [2.24, 2.45) is 0 Å². The molecule has 6 amide bonds. The SMILES string of the molecule is C.C.C.C.CC.CCc1ccc(Cc2ccc(C)cc2)cc1.CCc1ccc(Cc2ccc(CC)cc2)cc1.CN1C(=O)c2ccccc2C1=O.CN1C(=O)c2ccccc2C1=O.O=C1c2ccccc2C(=O)N1c1ccccc1. The Hall–Kier alpha value is -8.82. The van der Waals surface area contributed by atoms with Gasteiger partial charge < -0.3 is 0 Å². The Morgan fingerprint density at radius 3 is 0.750 bits per heavy atom. The van der Waals surface area contributed by atoms with E-state index >= 15 is 0 Å². The van der Waals surface area contributed by atoms with Crippen LogP contribution < -0.4 is 4.90 Å². The highest BCUT2D eigenvalue weighted by atomic mass is 16.2. The number of para-hydroxylation sites is 1. The van der Waals surface area contributed by atoms with Crippen LogP contribution in [0.1, 0.15) is 171 Å². The minimum Gasteiger partial charge on any atom is -0.277 e. The van der Waals surface area contributed by atoms with Crippen molar-refractivity contribution in [2.45, 2.75) is 103 Å². The van der Waals surface area contributed by atoms with E-state index in [1.165, 1.54) is 63.5 Å². The van der Waals surface area contributed by atoms with Gasteiger partial charge in [-0.15, -0.1) is 0 Å². The first kappa shape index (κ1) is 67.3. The van der Waals surface area contributed by atoms with Gasteiger partial charge in [-0.25, -0.2) is 4.90 Å². The van der Waals surface area contributed by atoms with E-state index in [0.717, 1.165) is 41.9 Å². The van der Waals surface area contributed by atoms with Gasteiger partial charge in [-0.1, -0.05) is 222 Å². The van der Waals surface area contributed by atoms with Gasteiger partial charge in [0.15, 0.2) is 0 Å². The van der Waals surface area contributed by atoms with E-state index in [1.807, 2.05) is 19.9 Å². The zero-order valence-electron chi connectivity index (χ0n) is 44.9. The number of fused-ring (bicyclic) bond motifs is 3. The Morgan fingerprint density at radius 1 is 0.287 bits per heavy atom. The number of carbonyl (C=O) groups is 6. The third-order valence-corrected chi connectivity index (χ3v) is 13.0. The molecule has 9 nitrogen and oxygen atoms in total. The largest absolute Gasteiger partial charge is 0.277 e. The molecule has 9 heteroatoms. The van der Waals surface area contributed by atoms with Crippen LogP contribution in [0.2, 0.25) is 0 Å². The van der Waals surface area contributed by atoms with Crippen LogP contribution in [0.15, 0.2) is 200 Å². The van der Waals surface area contributed by atoms with Gasteiger partial charge in [-0.3, -0.25) is 38.6 Å². The second-order valence-corrected chi connectivity index (χ2v) is 18.1. The fraction of sp³-hybridized carbons (Fsp3) is 0.239. The van der Waals surface area contributed by atoms with Crippen LogP contribution in [0.5, 0.6) is 0 Å². The van der Waals surface area contributed by atoms with Gasteiger partial charge in [0.2, 0.25) is 0 Å². The first-order valence-corrected chi connectivity index (χ1v) is 26.0. The predicted molar refractivity (Wildman–Crippen MR) is 332 cm³/mol. The molecule has 0 aliphatic carbocycles. The van der Waals surface area contributed by atoms with Crippen LogP contribution in [0, 0.1) is 6.92 Å². The molecule has 11 rings (SSSR count). The highest BCUT2D eigenvalue weighted by Crippen LogP contribution is 2.28. The number of imide groups is 3. The van der Waals surface area contributed by atoms with Gasteiger partial charge in [0.1, 0.15) is 0 Å². The molecule has 8 aromatic carbocycles. The van der Waals surface area contributed by atoms with Crippen molar-refractivity contribution in [3.63, 3.8) is 0 Å². The highest BCUT2D eigenvalue weighted by Gasteiger charge is 2.36. The summed E-state index contributed by atoms with van der Waals surface area (Å²) in [7, 11) is 2.98. The molecule has 0 fully saturated rings. The quantitative estimate of drug-likeness (QED) is 0.140. The van der Waals surface area contributed by atoms with Crippen molar-refractivity contribution in [2.75, 3.05) is 19.0 Å². The van der Waals surface area contributed by atoms with Crippen LogP contribution in [0.3, 0.4) is 0 Å². The standard InChI is InChI=1S/C17H20.C16H18.C14H9NO2.2C9H7NO2.C2H6.4CH4/c1-3-14-5-9-16(10-6-14)13-17-11-7-15(4-2)8-12-17;1-3-14-8-10-16(11-9-14)12-15-6-4-13(2)5-7-15;16-13-11-8-4-5-9-12(11)14(17)15(13)10-6-2-1-3-7-10;2*1-10-8(11)6-4-2-3-5-7(6)9(10)12;1-2;;;;/h5-12H,3-4,13H2,1-2H3;4-11H,3,12H2,1-2H3;1-9H;2*2-5H,1H3;1-2H3;4*1H4. The molecule has 0 N–H and O–H groups in total. The molecule has 80 heavy (non-hydrogen) atoms. The van der Waals surface area contributed by atoms with Gasteiger partial charge in [0.25, 0.3) is 35.4 Å². The average Bonchev–Trinajstić information content (AvgIpc) is 3.99. The Bertz CT molecular complexity index is 3030. The first-order chi connectivity index (χ1) is 36.8. The molecular formula is C71H83N3O6. The minimum atomic E-state index is -0.253. The summed E-state index contributed by atoms with van der Waals surface area (Å²) in [6, 6.07) is 65.1. The molecule has 0 radical (unpaired) electrons. The van der Waals surface area contributed by atoms with Crippen LogP contribution in [0.25, 0.3) is 0 Å². The Balaban J connectivity index is 0.000000337. The van der Waals surface area contributed by atoms with E-state index in [4.69, 9.17) is 0 Å². The van der Waals surface area contributed by atoms with Gasteiger partial charge in [-0.2, -0.15) is 0 Å². The van der Waals surface area contributed by atoms with Crippen molar-refractivity contribution in [3.05, 3.63) is 278 Å². The fourth-order valence-corrected chi connectivity index (χ4v) is 8.48. The lowest BCUT2D eigenvalue weighted by Gasteiger charge is -2.13. The van der Waals surface area contributed by atoms with Crippen molar-refractivity contribution < 1.29 is 28.8 Å². The van der Waals surface area contributed by atoms with Crippen molar-refractivity contribution in [3.8, 4) is 0 Å². The third kappa shape index (κ3) is 16.8. The van der Waals surface area contributed by atoms with Crippen molar-refractivity contribution >= 4 is 41.1 Å². The highest BCUT2D eigenvalue weighted by molar-refractivity contribution is 6.34. The summed E-state index contributed by atoms with van der Waals surface area (Å²) < 4.78 is 0. The number of nitrogens with zero attached hydrogens (tertiary/aromatic N) is 3. The van der Waals surface area contributed by atoms with E-state index in [9.17, 15) is 28.8 Å². The van der Waals surface area contributed by atoms with Crippen LogP contribution >= 0.6 is 0 Å². The maximum absolute atomic E-state index is 12.1. The van der Waals surface area contributed by atoms with Gasteiger partial charge in [0, 0.05) is 14.1 Å². The lowest BCUT2D eigenvalue weighted by molar-refractivity contribution is 0.0678. The summed E-state index contributed by atoms with van der Waals surface area (Å²) in [5.41, 5.74) is 14.7. The number of carbonyl (C=O) groups excluding carboxylic acids is 6. The molecule has 0 aromatic heterocycles. The molecule has 0 saturated carbocycles. The molecular weight excluding hydrogens is 991 g/mol. The molecule has 3 heterocycles. The molecule has 0 bridgehead atoms. The second-order valence-electron chi connectivity index (χ2n) is 18.1. The summed E-state index contributed by atoms with van der Waals surface area (Å²) in [6.45, 7) is 12.7. The number of hydrogen-bond donors (Lipinski definition) is 0. The Kier molecular flexibility index (Phi) is 27.6. The number of aryl methyl sites for hydroxylation is 4. The van der Waals surface area contributed by atoms with Crippen molar-refractivity contribution in [1.29, 1.82) is 0 Å². The molecule has 3 aliphatic rings. The second kappa shape index (κ2) is 32.8. The maximum Gasteiger partial charge on any atom is 0.266 e. The van der Waals surface area contributed by atoms with Crippen LogP contribution in [0.4, 0.5) is 5.69 Å². The molecule has 0 spiro atoms. The van der Waals surface area contributed by atoms with E-state index in [-0.39, 0.29) is 65.1 Å². The van der Waals surface area contributed by atoms with E-state index in [0.29, 0.717) is 39.1 Å². The summed E-state index contributed by atoms with van der Waals surface area (Å²) >= 11 is 0. The average molecular weight is 1070 g/mol. The molecule has 3 aliphatic heterocycles. The molecule has 418 valence electrons. The summed E-state index contributed by atoms with van der Waals surface area (Å²) in [4.78, 5) is 72.9. The van der Waals surface area contributed by atoms with Gasteiger partial charge in [0.05, 0.1) is 39.1 Å². The zero-order chi connectivity index (χ0) is 54.7. The van der Waals surface area contributed by atoms with Gasteiger partial charge >= 0.3 is 0 Å². The zero-order valence-corrected chi connectivity index (χ0v) is 44.9. The van der Waals surface area contributed by atoms with Crippen LogP contribution in [-0.2, 0) is 32.1 Å². The molecule has 8 aromatic rings. The number of hydrogen-bond acceptors (Lipinski definition) is 6. The third-order valence-electron chi connectivity index (χ3n) is 13.0. The molecule has 0 saturated heterocycles. The lowest BCUT2D eigenvalue weighted by atomic mass is 10.0. The van der Waals surface area contributed by atoms with Crippen LogP contribution in [-0.4, -0.2) is 59.3 Å². The number of rotatable bonds is 8. The fourth-order valence-electron chi connectivity index (χ4n) is 8.48. The smallest absolute Gasteiger partial charge is 0.266 e. The number of amides is 6. The van der Waals surface area contributed by atoms with E-state index in [1.54, 1.807) is 97.1 Å². The van der Waals surface area contributed by atoms with Gasteiger partial charge in [-0.05, 0) is 127 Å². The monoisotopic (exact) mass is 1070 g/mol. The lowest BCUT2D eigenvalue weighted by Crippen LogP contribution is -2.29. The number of anilines is 1. The molecule has 0 atom stereocenters.